The third kappa shape index (κ3) is 1.29. The first-order valence-electron chi connectivity index (χ1n) is 3.70. The SMILES string of the molecule is O=[SH](=O)c1c[nH]c2c(Cl)c(F)ccc12. The molecule has 0 spiro atoms. The predicted octanol–water partition coefficient (Wildman–Crippen LogP) is 1.93. The summed E-state index contributed by atoms with van der Waals surface area (Å²) in [6.45, 7) is 0. The lowest BCUT2D eigenvalue weighted by Crippen LogP contribution is -1.80. The van der Waals surface area contributed by atoms with E-state index in [0.717, 1.165) is 6.07 Å². The van der Waals surface area contributed by atoms with Crippen molar-refractivity contribution in [2.24, 2.45) is 0 Å². The van der Waals surface area contributed by atoms with Crippen molar-refractivity contribution in [3.63, 3.8) is 0 Å². The number of nitrogens with one attached hydrogen (secondary N) is 1. The number of thiol groups is 1. The zero-order valence-electron chi connectivity index (χ0n) is 6.75. The standard InChI is InChI=1S/C8H5ClFNO2S/c9-7-5(10)2-1-4-6(14(12)13)3-11-8(4)7/h1-3,11,14H. The van der Waals surface area contributed by atoms with Crippen LogP contribution < -0.4 is 0 Å². The van der Waals surface area contributed by atoms with Crippen LogP contribution in [0.2, 0.25) is 5.02 Å². The van der Waals surface area contributed by atoms with Crippen LogP contribution in [0, 0.1) is 5.82 Å². The van der Waals surface area contributed by atoms with Gasteiger partial charge in [0.25, 0.3) is 0 Å². The van der Waals surface area contributed by atoms with E-state index < -0.39 is 16.5 Å². The molecule has 0 radical (unpaired) electrons. The lowest BCUT2D eigenvalue weighted by atomic mass is 10.2. The number of fused-ring (bicyclic) bond motifs is 1. The van der Waals surface area contributed by atoms with E-state index >= 15 is 0 Å². The molecule has 2 aromatic rings. The number of aromatic nitrogens is 1. The third-order valence-corrected chi connectivity index (χ3v) is 3.05. The van der Waals surface area contributed by atoms with E-state index in [9.17, 15) is 12.8 Å². The average Bonchev–Trinajstić information content (AvgIpc) is 2.55. The van der Waals surface area contributed by atoms with Gasteiger partial charge < -0.3 is 4.98 Å². The van der Waals surface area contributed by atoms with Gasteiger partial charge in [-0.2, -0.15) is 0 Å². The predicted molar refractivity (Wildman–Crippen MR) is 51.8 cm³/mol. The molecular formula is C8H5ClFNO2S. The number of benzene rings is 1. The highest BCUT2D eigenvalue weighted by Crippen LogP contribution is 2.28. The summed E-state index contributed by atoms with van der Waals surface area (Å²) in [7, 11) is -2.69. The minimum absolute atomic E-state index is 0.0920. The molecule has 1 aromatic carbocycles. The molecule has 3 nitrogen and oxygen atoms in total. The maximum absolute atomic E-state index is 13.0. The van der Waals surface area contributed by atoms with Gasteiger partial charge >= 0.3 is 0 Å². The molecule has 0 saturated heterocycles. The molecule has 0 aliphatic carbocycles. The maximum atomic E-state index is 13.0. The van der Waals surface area contributed by atoms with Gasteiger partial charge in [-0.25, -0.2) is 12.8 Å². The van der Waals surface area contributed by atoms with Crippen molar-refractivity contribution in [3.05, 3.63) is 29.2 Å². The Balaban J connectivity index is 2.90. The van der Waals surface area contributed by atoms with Crippen molar-refractivity contribution in [1.82, 2.24) is 4.98 Å². The second-order valence-electron chi connectivity index (χ2n) is 2.71. The van der Waals surface area contributed by atoms with Crippen molar-refractivity contribution in [2.45, 2.75) is 4.90 Å². The van der Waals surface area contributed by atoms with Crippen LogP contribution >= 0.6 is 11.6 Å². The van der Waals surface area contributed by atoms with Gasteiger partial charge in [0.15, 0.2) is 10.7 Å². The summed E-state index contributed by atoms with van der Waals surface area (Å²) in [5, 5.41) is 0.318. The molecular weight excluding hydrogens is 229 g/mol. The fraction of sp³-hybridized carbons (Fsp3) is 0. The smallest absolute Gasteiger partial charge is 0.170 e. The Hall–Kier alpha value is -1.07. The molecule has 0 fully saturated rings. The zero-order valence-corrected chi connectivity index (χ0v) is 8.40. The Kier molecular flexibility index (Phi) is 2.20. The van der Waals surface area contributed by atoms with E-state index in [-0.39, 0.29) is 9.92 Å². The quantitative estimate of drug-likeness (QED) is 0.740. The molecule has 0 saturated carbocycles. The number of H-pyrrole nitrogens is 1. The van der Waals surface area contributed by atoms with Gasteiger partial charge in [-0.1, -0.05) is 11.6 Å². The minimum atomic E-state index is -2.69. The monoisotopic (exact) mass is 233 g/mol. The Bertz CT molecular complexity index is 568. The van der Waals surface area contributed by atoms with Gasteiger partial charge in [0.2, 0.25) is 0 Å². The molecule has 0 aliphatic rings. The van der Waals surface area contributed by atoms with Crippen LogP contribution in [0.15, 0.2) is 23.2 Å². The van der Waals surface area contributed by atoms with Gasteiger partial charge in [-0.15, -0.1) is 0 Å². The van der Waals surface area contributed by atoms with Crippen LogP contribution in [0.3, 0.4) is 0 Å². The molecule has 0 amide bonds. The van der Waals surface area contributed by atoms with Crippen molar-refractivity contribution < 1.29 is 12.8 Å². The van der Waals surface area contributed by atoms with E-state index in [1.54, 1.807) is 0 Å². The lowest BCUT2D eigenvalue weighted by Gasteiger charge is -1.95. The number of hydrogen-bond acceptors (Lipinski definition) is 2. The number of halogens is 2. The molecule has 6 heteroatoms. The van der Waals surface area contributed by atoms with Crippen LogP contribution in [-0.4, -0.2) is 13.4 Å². The molecule has 74 valence electrons. The number of aromatic amines is 1. The van der Waals surface area contributed by atoms with Gasteiger partial charge in [0, 0.05) is 11.6 Å². The minimum Gasteiger partial charge on any atom is -0.359 e. The Morgan fingerprint density at radius 1 is 1.36 bits per heavy atom. The molecule has 1 heterocycles. The maximum Gasteiger partial charge on any atom is 0.170 e. The summed E-state index contributed by atoms with van der Waals surface area (Å²) in [5.74, 6) is -0.575. The molecule has 14 heavy (non-hydrogen) atoms. The summed E-state index contributed by atoms with van der Waals surface area (Å²) in [5.41, 5.74) is 0.306. The van der Waals surface area contributed by atoms with Crippen LogP contribution in [0.5, 0.6) is 0 Å². The van der Waals surface area contributed by atoms with Crippen LogP contribution in [-0.2, 0) is 10.7 Å². The number of rotatable bonds is 1. The fourth-order valence-electron chi connectivity index (χ4n) is 1.27. The van der Waals surface area contributed by atoms with E-state index in [1.807, 2.05) is 0 Å². The first-order valence-corrected chi connectivity index (χ1v) is 5.26. The molecule has 1 aromatic heterocycles. The van der Waals surface area contributed by atoms with E-state index in [4.69, 9.17) is 11.6 Å². The normalized spacial score (nSPS) is 11.4. The molecule has 1 N–H and O–H groups in total. The molecule has 0 bridgehead atoms. The summed E-state index contributed by atoms with van der Waals surface area (Å²) in [6.07, 6.45) is 1.29. The second kappa shape index (κ2) is 3.25. The summed E-state index contributed by atoms with van der Waals surface area (Å²) < 4.78 is 34.5. The average molecular weight is 234 g/mol. The van der Waals surface area contributed by atoms with Crippen LogP contribution in [0.4, 0.5) is 4.39 Å². The van der Waals surface area contributed by atoms with E-state index in [0.29, 0.717) is 10.9 Å². The molecule has 0 atom stereocenters. The molecule has 2 rings (SSSR count). The highest BCUT2D eigenvalue weighted by atomic mass is 35.5. The van der Waals surface area contributed by atoms with Gasteiger partial charge in [-0.05, 0) is 12.1 Å². The summed E-state index contributed by atoms with van der Waals surface area (Å²) in [6, 6.07) is 2.52. The van der Waals surface area contributed by atoms with Crippen molar-refractivity contribution in [2.75, 3.05) is 0 Å². The summed E-state index contributed by atoms with van der Waals surface area (Å²) in [4.78, 5) is 2.74. The van der Waals surface area contributed by atoms with Crippen molar-refractivity contribution in [3.8, 4) is 0 Å². The topological polar surface area (TPSA) is 49.9 Å². The largest absolute Gasteiger partial charge is 0.359 e. The van der Waals surface area contributed by atoms with Gasteiger partial charge in [0.1, 0.15) is 10.8 Å². The fourth-order valence-corrected chi connectivity index (χ4v) is 2.05. The second-order valence-corrected chi connectivity index (χ2v) is 4.09. The third-order valence-electron chi connectivity index (χ3n) is 1.92. The van der Waals surface area contributed by atoms with E-state index in [1.165, 1.54) is 12.3 Å². The number of hydrogen-bond donors (Lipinski definition) is 2. The lowest BCUT2D eigenvalue weighted by molar-refractivity contribution is 0.615. The highest BCUT2D eigenvalue weighted by Gasteiger charge is 2.11. The molecule has 0 unspecified atom stereocenters. The Morgan fingerprint density at radius 2 is 2.07 bits per heavy atom. The van der Waals surface area contributed by atoms with Crippen LogP contribution in [0.25, 0.3) is 10.9 Å². The van der Waals surface area contributed by atoms with Crippen molar-refractivity contribution >= 4 is 33.2 Å². The van der Waals surface area contributed by atoms with E-state index in [2.05, 4.69) is 4.98 Å². The van der Waals surface area contributed by atoms with Crippen LogP contribution in [0.1, 0.15) is 0 Å². The summed E-state index contributed by atoms with van der Waals surface area (Å²) >= 11 is 5.64. The first-order chi connectivity index (χ1) is 6.61. The van der Waals surface area contributed by atoms with Gasteiger partial charge in [0.05, 0.1) is 10.4 Å². The Labute approximate surface area is 85.4 Å². The van der Waals surface area contributed by atoms with Crippen molar-refractivity contribution in [1.29, 1.82) is 0 Å². The molecule has 0 aliphatic heterocycles. The Morgan fingerprint density at radius 3 is 2.71 bits per heavy atom. The first kappa shape index (κ1) is 9.48. The van der Waals surface area contributed by atoms with Gasteiger partial charge in [-0.3, -0.25) is 0 Å². The highest BCUT2D eigenvalue weighted by molar-refractivity contribution is 7.72. The zero-order chi connectivity index (χ0) is 10.3.